The normalized spacial score (nSPS) is 15.4. The molecule has 1 aliphatic heterocycles. The van der Waals surface area contributed by atoms with Crippen molar-refractivity contribution in [3.8, 4) is 0 Å². The van der Waals surface area contributed by atoms with Crippen LogP contribution < -0.4 is 11.0 Å². The number of amides is 1. The number of aryl methyl sites for hydroxylation is 2. The van der Waals surface area contributed by atoms with Gasteiger partial charge in [0.25, 0.3) is 5.56 Å². The van der Waals surface area contributed by atoms with Crippen molar-refractivity contribution in [2.24, 2.45) is 0 Å². The molecule has 3 aromatic heterocycles. The van der Waals surface area contributed by atoms with E-state index in [2.05, 4.69) is 10.4 Å². The summed E-state index contributed by atoms with van der Waals surface area (Å²) in [7, 11) is -3.71. The largest absolute Gasteiger partial charge is 0.455 e. The molecule has 0 unspecified atom stereocenters. The topological polar surface area (TPSA) is 115 Å². The molecule has 4 heterocycles. The molecule has 28 heavy (non-hydrogen) atoms. The van der Waals surface area contributed by atoms with E-state index in [0.717, 1.165) is 17.5 Å². The Morgan fingerprint density at radius 1 is 1.29 bits per heavy atom. The molecule has 4 rings (SSSR count). The summed E-state index contributed by atoms with van der Waals surface area (Å²) in [5, 5.41) is 2.14. The average molecular weight is 422 g/mol. The molecule has 0 spiro atoms. The summed E-state index contributed by atoms with van der Waals surface area (Å²) >= 11 is 1.33. The number of nitrogens with zero attached hydrogens (tertiary/aromatic N) is 3. The first-order valence-electron chi connectivity index (χ1n) is 8.68. The highest BCUT2D eigenvalue weighted by atomic mass is 32.2. The highest BCUT2D eigenvalue weighted by Gasteiger charge is 2.32. The lowest BCUT2D eigenvalue weighted by atomic mass is 10.4. The molecular weight excluding hydrogens is 404 g/mol. The maximum atomic E-state index is 12.7. The average Bonchev–Trinajstić information content (AvgIpc) is 3.38. The number of aromatic nitrogens is 2. The van der Waals surface area contributed by atoms with Crippen molar-refractivity contribution >= 4 is 37.5 Å². The fourth-order valence-corrected chi connectivity index (χ4v) is 5.68. The Kier molecular flexibility index (Phi) is 4.60. The van der Waals surface area contributed by atoms with Crippen molar-refractivity contribution in [3.63, 3.8) is 0 Å². The van der Waals surface area contributed by atoms with Crippen LogP contribution in [0.1, 0.15) is 35.0 Å². The minimum Gasteiger partial charge on any atom is -0.455 e. The minimum atomic E-state index is -3.71. The second-order valence-electron chi connectivity index (χ2n) is 6.52. The second-order valence-corrected chi connectivity index (χ2v) is 9.32. The predicted molar refractivity (Wildman–Crippen MR) is 104 cm³/mol. The van der Waals surface area contributed by atoms with Gasteiger partial charge in [-0.1, -0.05) is 0 Å². The van der Waals surface area contributed by atoms with Gasteiger partial charge in [-0.3, -0.25) is 15.0 Å². The molecule has 0 aromatic carbocycles. The standard InChI is InChI=1S/C17H18N4O5S2/c1-10-14(28(24,25)20-6-3-4-7-20)9-13(26-10)15(22)19-21-11(2)18-16-12(17(21)23)5-8-27-16/h5,8-9H,3-4,6-7H2,1-2H3,(H,19,22). The smallest absolute Gasteiger partial charge is 0.305 e. The molecular formula is C17H18N4O5S2. The Morgan fingerprint density at radius 3 is 2.71 bits per heavy atom. The van der Waals surface area contributed by atoms with E-state index in [9.17, 15) is 18.0 Å². The number of rotatable bonds is 4. The van der Waals surface area contributed by atoms with Gasteiger partial charge >= 0.3 is 5.91 Å². The van der Waals surface area contributed by atoms with Crippen LogP contribution in [0.4, 0.5) is 0 Å². The third kappa shape index (κ3) is 3.05. The van der Waals surface area contributed by atoms with Crippen LogP contribution >= 0.6 is 11.3 Å². The number of nitrogens with one attached hydrogen (secondary N) is 1. The van der Waals surface area contributed by atoms with E-state index in [-0.39, 0.29) is 16.4 Å². The van der Waals surface area contributed by atoms with Crippen molar-refractivity contribution in [3.05, 3.63) is 45.2 Å². The Labute approximate surface area is 164 Å². The van der Waals surface area contributed by atoms with Gasteiger partial charge in [-0.05, 0) is 38.1 Å². The zero-order valence-electron chi connectivity index (χ0n) is 15.3. The number of fused-ring (bicyclic) bond motifs is 1. The van der Waals surface area contributed by atoms with Crippen LogP contribution in [0.3, 0.4) is 0 Å². The molecule has 3 aromatic rings. The lowest BCUT2D eigenvalue weighted by Crippen LogP contribution is -2.35. The third-order valence-corrected chi connectivity index (χ3v) is 7.47. The van der Waals surface area contributed by atoms with Crippen LogP contribution in [0.5, 0.6) is 0 Å². The summed E-state index contributed by atoms with van der Waals surface area (Å²) in [6.45, 7) is 4.00. The molecule has 1 amide bonds. The summed E-state index contributed by atoms with van der Waals surface area (Å²) in [6, 6.07) is 2.84. The first-order valence-corrected chi connectivity index (χ1v) is 11.0. The van der Waals surface area contributed by atoms with Crippen LogP contribution in [0, 0.1) is 13.8 Å². The number of hydrogen-bond donors (Lipinski definition) is 1. The van der Waals surface area contributed by atoms with Gasteiger partial charge in [0.15, 0.2) is 5.76 Å². The second kappa shape index (κ2) is 6.83. The lowest BCUT2D eigenvalue weighted by molar-refractivity contribution is 0.0979. The van der Waals surface area contributed by atoms with Crippen molar-refractivity contribution < 1.29 is 17.6 Å². The molecule has 1 saturated heterocycles. The zero-order valence-corrected chi connectivity index (χ0v) is 16.9. The van der Waals surface area contributed by atoms with Crippen LogP contribution in [0.25, 0.3) is 10.2 Å². The molecule has 0 radical (unpaired) electrons. The van der Waals surface area contributed by atoms with E-state index in [1.165, 1.54) is 28.6 Å². The Morgan fingerprint density at radius 2 is 2.00 bits per heavy atom. The summed E-state index contributed by atoms with van der Waals surface area (Å²) in [5.41, 5.74) is 2.03. The molecule has 1 fully saturated rings. The quantitative estimate of drug-likeness (QED) is 0.686. The van der Waals surface area contributed by atoms with E-state index >= 15 is 0 Å². The molecule has 11 heteroatoms. The van der Waals surface area contributed by atoms with Crippen molar-refractivity contribution in [1.82, 2.24) is 14.0 Å². The molecule has 148 valence electrons. The van der Waals surface area contributed by atoms with Gasteiger partial charge in [0.2, 0.25) is 10.0 Å². The zero-order chi connectivity index (χ0) is 20.1. The number of carbonyl (C=O) groups is 1. The van der Waals surface area contributed by atoms with E-state index in [1.54, 1.807) is 18.4 Å². The van der Waals surface area contributed by atoms with Crippen molar-refractivity contribution in [2.75, 3.05) is 18.5 Å². The van der Waals surface area contributed by atoms with Crippen molar-refractivity contribution in [2.45, 2.75) is 31.6 Å². The highest BCUT2D eigenvalue weighted by Crippen LogP contribution is 2.26. The lowest BCUT2D eigenvalue weighted by Gasteiger charge is -2.14. The highest BCUT2D eigenvalue weighted by molar-refractivity contribution is 7.89. The van der Waals surface area contributed by atoms with Gasteiger partial charge in [-0.25, -0.2) is 18.1 Å². The van der Waals surface area contributed by atoms with Crippen LogP contribution in [0.15, 0.2) is 31.6 Å². The van der Waals surface area contributed by atoms with Gasteiger partial charge in [0.1, 0.15) is 21.3 Å². The maximum Gasteiger partial charge on any atom is 0.305 e. The van der Waals surface area contributed by atoms with E-state index in [4.69, 9.17) is 4.42 Å². The molecule has 9 nitrogen and oxygen atoms in total. The van der Waals surface area contributed by atoms with Gasteiger partial charge in [-0.15, -0.1) is 11.3 Å². The summed E-state index contributed by atoms with van der Waals surface area (Å²) < 4.78 is 33.3. The molecule has 0 atom stereocenters. The predicted octanol–water partition coefficient (Wildman–Crippen LogP) is 1.84. The number of sulfonamides is 1. The SMILES string of the molecule is Cc1oc(C(=O)Nn2c(C)nc3sccc3c2=O)cc1S(=O)(=O)N1CCCC1. The van der Waals surface area contributed by atoms with E-state index in [1.807, 2.05) is 0 Å². The fraction of sp³-hybridized carbons (Fsp3) is 0.353. The van der Waals surface area contributed by atoms with Gasteiger partial charge in [0, 0.05) is 19.2 Å². The number of furan rings is 1. The third-order valence-electron chi connectivity index (χ3n) is 4.66. The summed E-state index contributed by atoms with van der Waals surface area (Å²) in [6.07, 6.45) is 1.62. The van der Waals surface area contributed by atoms with Gasteiger partial charge in [0.05, 0.1) is 5.39 Å². The molecule has 1 N–H and O–H groups in total. The monoisotopic (exact) mass is 422 g/mol. The first-order chi connectivity index (χ1) is 13.3. The Bertz CT molecular complexity index is 1230. The molecule has 1 aliphatic rings. The van der Waals surface area contributed by atoms with Crippen LogP contribution in [-0.2, 0) is 10.0 Å². The first kappa shape index (κ1) is 18.8. The molecule has 0 aliphatic carbocycles. The van der Waals surface area contributed by atoms with Gasteiger partial charge < -0.3 is 4.42 Å². The maximum absolute atomic E-state index is 12.7. The molecule has 0 bridgehead atoms. The Hall–Kier alpha value is -2.50. The van der Waals surface area contributed by atoms with E-state index in [0.29, 0.717) is 29.1 Å². The molecule has 0 saturated carbocycles. The Balaban J connectivity index is 1.66. The summed E-state index contributed by atoms with van der Waals surface area (Å²) in [4.78, 5) is 30.0. The van der Waals surface area contributed by atoms with Gasteiger partial charge in [-0.2, -0.15) is 4.31 Å². The van der Waals surface area contributed by atoms with Crippen LogP contribution in [0.2, 0.25) is 0 Å². The minimum absolute atomic E-state index is 0.0324. The number of carbonyl (C=O) groups excluding carboxylic acids is 1. The van der Waals surface area contributed by atoms with Crippen molar-refractivity contribution in [1.29, 1.82) is 0 Å². The number of hydrogen-bond acceptors (Lipinski definition) is 7. The fourth-order valence-electron chi connectivity index (χ4n) is 3.20. The number of thiophene rings is 1. The van der Waals surface area contributed by atoms with Crippen LogP contribution in [-0.4, -0.2) is 41.4 Å². The summed E-state index contributed by atoms with van der Waals surface area (Å²) in [5.74, 6) is -0.478. The van der Waals surface area contributed by atoms with E-state index < -0.39 is 21.5 Å².